The fraction of sp³-hybridized carbons (Fsp3) is 0.300. The maximum atomic E-state index is 12.8. The smallest absolute Gasteiger partial charge is 0.252 e. The van der Waals surface area contributed by atoms with E-state index in [9.17, 15) is 4.79 Å². The summed E-state index contributed by atoms with van der Waals surface area (Å²) in [5.41, 5.74) is 3.08. The first-order valence-corrected chi connectivity index (χ1v) is 9.96. The van der Waals surface area contributed by atoms with Gasteiger partial charge in [-0.05, 0) is 41.5 Å². The second-order valence-electron chi connectivity index (χ2n) is 6.44. The number of carbonyl (C=O) groups is 1. The van der Waals surface area contributed by atoms with Gasteiger partial charge in [0.2, 0.25) is 0 Å². The largest absolute Gasteiger partial charge is 0.493 e. The van der Waals surface area contributed by atoms with Crippen LogP contribution < -0.4 is 14.8 Å². The summed E-state index contributed by atoms with van der Waals surface area (Å²) in [4.78, 5) is 19.2. The Labute approximate surface area is 160 Å². The van der Waals surface area contributed by atoms with Gasteiger partial charge in [-0.1, -0.05) is 20.7 Å². The van der Waals surface area contributed by atoms with Gasteiger partial charge in [0.15, 0.2) is 11.5 Å². The first-order chi connectivity index (χ1) is 13.2. The zero-order chi connectivity index (χ0) is 18.8. The highest BCUT2D eigenvalue weighted by atomic mass is 31.1. The molecule has 7 heteroatoms. The van der Waals surface area contributed by atoms with Gasteiger partial charge in [0.25, 0.3) is 5.91 Å². The normalized spacial score (nSPS) is 22.7. The molecule has 6 nitrogen and oxygen atoms in total. The Morgan fingerprint density at radius 1 is 1.26 bits per heavy atom. The van der Waals surface area contributed by atoms with Crippen molar-refractivity contribution in [3.8, 4) is 11.5 Å². The van der Waals surface area contributed by atoms with Crippen LogP contribution >= 0.6 is 8.58 Å². The molecule has 0 saturated heterocycles. The summed E-state index contributed by atoms with van der Waals surface area (Å²) in [6.07, 6.45) is 8.61. The Balaban J connectivity index is 1.60. The molecule has 0 fully saturated rings. The number of benzene rings is 1. The van der Waals surface area contributed by atoms with E-state index in [-0.39, 0.29) is 11.7 Å². The van der Waals surface area contributed by atoms with Gasteiger partial charge in [-0.2, -0.15) is 0 Å². The lowest BCUT2D eigenvalue weighted by atomic mass is 10.1. The molecule has 140 valence electrons. The number of carbonyl (C=O) groups excluding carboxylic acids is 1. The van der Waals surface area contributed by atoms with Crippen LogP contribution in [0.4, 0.5) is 0 Å². The standard InChI is InChI=1S/C20H22N3O3P/c1-25-16-4-3-14(9-17(16)26-2)18-10-19(24)23-12-15(22-11-20(23)27-18)13-5-7-21-8-6-13/h3-5,9-12,20-21,27H,6-8H2,1-2H3. The molecule has 1 aromatic rings. The van der Waals surface area contributed by atoms with Crippen LogP contribution in [0.15, 0.2) is 52.8 Å². The molecule has 2 atom stereocenters. The Bertz CT molecular complexity index is 888. The summed E-state index contributed by atoms with van der Waals surface area (Å²) in [5, 5.41) is 4.30. The van der Waals surface area contributed by atoms with Gasteiger partial charge in [0, 0.05) is 25.0 Å². The van der Waals surface area contributed by atoms with Crippen molar-refractivity contribution in [2.24, 2.45) is 4.99 Å². The summed E-state index contributed by atoms with van der Waals surface area (Å²) in [6.45, 7) is 1.80. The number of nitrogens with zero attached hydrogens (tertiary/aromatic N) is 2. The zero-order valence-corrected chi connectivity index (χ0v) is 16.4. The van der Waals surface area contributed by atoms with E-state index >= 15 is 0 Å². The molecule has 1 N–H and O–H groups in total. The van der Waals surface area contributed by atoms with Gasteiger partial charge in [0.05, 0.1) is 25.7 Å². The number of rotatable bonds is 4. The molecule has 0 radical (unpaired) electrons. The van der Waals surface area contributed by atoms with E-state index in [1.54, 1.807) is 25.2 Å². The van der Waals surface area contributed by atoms with Crippen LogP contribution in [0.1, 0.15) is 12.0 Å². The number of hydrogen-bond donors (Lipinski definition) is 1. The Kier molecular flexibility index (Phi) is 5.10. The summed E-state index contributed by atoms with van der Waals surface area (Å²) in [6, 6.07) is 5.75. The summed E-state index contributed by atoms with van der Waals surface area (Å²) < 4.78 is 10.7. The van der Waals surface area contributed by atoms with E-state index in [1.807, 2.05) is 30.6 Å². The van der Waals surface area contributed by atoms with Crippen molar-refractivity contribution in [3.05, 3.63) is 53.4 Å². The predicted molar refractivity (Wildman–Crippen MR) is 109 cm³/mol. The van der Waals surface area contributed by atoms with E-state index in [1.165, 1.54) is 5.57 Å². The fourth-order valence-electron chi connectivity index (χ4n) is 3.37. The third-order valence-corrected chi connectivity index (χ3v) is 6.30. The molecule has 2 unspecified atom stereocenters. The second-order valence-corrected chi connectivity index (χ2v) is 7.86. The SMILES string of the molecule is COc1ccc(C2=CC(=O)N3C=C(C4=CCNCC4)N=CC3P2)cc1OC. The molecule has 0 aromatic heterocycles. The molecule has 0 saturated carbocycles. The van der Waals surface area contributed by atoms with Gasteiger partial charge in [0.1, 0.15) is 0 Å². The third kappa shape index (κ3) is 3.55. The first kappa shape index (κ1) is 18.0. The van der Waals surface area contributed by atoms with Crippen molar-refractivity contribution < 1.29 is 14.3 Å². The predicted octanol–water partition coefficient (Wildman–Crippen LogP) is 2.74. The van der Waals surface area contributed by atoms with Crippen molar-refractivity contribution in [2.75, 3.05) is 27.3 Å². The minimum atomic E-state index is -0.0309. The maximum Gasteiger partial charge on any atom is 0.252 e. The van der Waals surface area contributed by atoms with E-state index in [0.717, 1.165) is 36.1 Å². The summed E-state index contributed by atoms with van der Waals surface area (Å²) >= 11 is 0. The zero-order valence-electron chi connectivity index (χ0n) is 15.4. The van der Waals surface area contributed by atoms with Crippen LogP contribution in [0.2, 0.25) is 0 Å². The van der Waals surface area contributed by atoms with Crippen LogP contribution in [0, 0.1) is 0 Å². The lowest BCUT2D eigenvalue weighted by Gasteiger charge is -2.33. The highest BCUT2D eigenvalue weighted by molar-refractivity contribution is 7.52. The lowest BCUT2D eigenvalue weighted by molar-refractivity contribution is -0.123. The first-order valence-electron chi connectivity index (χ1n) is 8.88. The van der Waals surface area contributed by atoms with Crippen LogP contribution in [-0.4, -0.2) is 50.1 Å². The molecule has 1 amide bonds. The van der Waals surface area contributed by atoms with Crippen molar-refractivity contribution in [1.29, 1.82) is 0 Å². The minimum Gasteiger partial charge on any atom is -0.493 e. The molecule has 0 bridgehead atoms. The van der Waals surface area contributed by atoms with Crippen LogP contribution in [-0.2, 0) is 4.79 Å². The topological polar surface area (TPSA) is 63.2 Å². The fourth-order valence-corrected chi connectivity index (χ4v) is 4.70. The Morgan fingerprint density at radius 3 is 2.85 bits per heavy atom. The number of aliphatic imine (C=N–C) groups is 1. The highest BCUT2D eigenvalue weighted by Gasteiger charge is 2.30. The third-order valence-electron chi connectivity index (χ3n) is 4.83. The molecule has 1 aromatic carbocycles. The average Bonchev–Trinajstić information content (AvgIpc) is 2.73. The van der Waals surface area contributed by atoms with Crippen molar-refractivity contribution >= 4 is 26.0 Å². The lowest BCUT2D eigenvalue weighted by Crippen LogP contribution is -2.38. The maximum absolute atomic E-state index is 12.8. The number of hydrogen-bond acceptors (Lipinski definition) is 5. The number of methoxy groups -OCH3 is 2. The second kappa shape index (κ2) is 7.67. The molecule has 3 aliphatic heterocycles. The summed E-state index contributed by atoms with van der Waals surface area (Å²) in [5.74, 6) is 1.29. The number of ether oxygens (including phenoxy) is 2. The van der Waals surface area contributed by atoms with Crippen LogP contribution in [0.3, 0.4) is 0 Å². The van der Waals surface area contributed by atoms with Crippen LogP contribution in [0.25, 0.3) is 5.31 Å². The quantitative estimate of drug-likeness (QED) is 0.813. The molecular formula is C20H22N3O3P. The van der Waals surface area contributed by atoms with E-state index in [2.05, 4.69) is 16.4 Å². The molecule has 0 aliphatic carbocycles. The van der Waals surface area contributed by atoms with Crippen molar-refractivity contribution in [2.45, 2.75) is 12.2 Å². The average molecular weight is 383 g/mol. The molecule has 0 spiro atoms. The van der Waals surface area contributed by atoms with Gasteiger partial charge < -0.3 is 19.7 Å². The molecule has 27 heavy (non-hydrogen) atoms. The van der Waals surface area contributed by atoms with Gasteiger partial charge in [-0.3, -0.25) is 9.79 Å². The Hall–Kier alpha value is -2.43. The molecular weight excluding hydrogens is 361 g/mol. The number of nitrogens with one attached hydrogen (secondary N) is 1. The molecule has 3 aliphatic rings. The van der Waals surface area contributed by atoms with Gasteiger partial charge >= 0.3 is 0 Å². The van der Waals surface area contributed by atoms with Gasteiger partial charge in [-0.25, -0.2) is 0 Å². The van der Waals surface area contributed by atoms with E-state index < -0.39 is 0 Å². The minimum absolute atomic E-state index is 0.0123. The summed E-state index contributed by atoms with van der Waals surface area (Å²) in [7, 11) is 3.65. The number of amides is 1. The van der Waals surface area contributed by atoms with Crippen molar-refractivity contribution in [3.63, 3.8) is 0 Å². The molecule has 4 rings (SSSR count). The highest BCUT2D eigenvalue weighted by Crippen LogP contribution is 2.45. The number of fused-ring (bicyclic) bond motifs is 1. The van der Waals surface area contributed by atoms with E-state index in [4.69, 9.17) is 9.47 Å². The van der Waals surface area contributed by atoms with Gasteiger partial charge in [-0.15, -0.1) is 0 Å². The van der Waals surface area contributed by atoms with Crippen LogP contribution in [0.5, 0.6) is 11.5 Å². The van der Waals surface area contributed by atoms with Crippen molar-refractivity contribution in [1.82, 2.24) is 10.2 Å². The number of allylic oxidation sites excluding steroid dienone is 1. The Morgan fingerprint density at radius 2 is 2.11 bits per heavy atom. The monoisotopic (exact) mass is 383 g/mol. The molecule has 3 heterocycles. The van der Waals surface area contributed by atoms with E-state index in [0.29, 0.717) is 20.1 Å².